The maximum atomic E-state index is 13.3. The lowest BCUT2D eigenvalue weighted by molar-refractivity contribution is -0.142. The lowest BCUT2D eigenvalue weighted by atomic mass is 9.74. The standard InChI is InChI=1S/C37H35F3N2O3/c38-37(39,40)26-17-15-25(16-18-26)28-9-1-2-12-31(28)34(43)41-27-19-23-42(24-20-27)22-8-7-21-36(35(44)45)32-13-5-3-10-29(32)30-11-4-6-14-33(30)36/h1-6,9-18,27H,7-8,19-24H2,(H,41,43)(H,44,45). The molecule has 1 saturated heterocycles. The zero-order valence-electron chi connectivity index (χ0n) is 24.8. The number of hydrogen-bond donors (Lipinski definition) is 2. The predicted molar refractivity (Wildman–Crippen MR) is 168 cm³/mol. The van der Waals surface area contributed by atoms with E-state index < -0.39 is 23.1 Å². The third-order valence-corrected chi connectivity index (χ3v) is 9.32. The van der Waals surface area contributed by atoms with Gasteiger partial charge in [0, 0.05) is 24.7 Å². The van der Waals surface area contributed by atoms with E-state index in [1.165, 1.54) is 12.1 Å². The fraction of sp³-hybridized carbons (Fsp3) is 0.297. The Balaban J connectivity index is 1.02. The van der Waals surface area contributed by atoms with Crippen LogP contribution in [0.5, 0.6) is 0 Å². The molecule has 0 spiro atoms. The number of rotatable bonds is 9. The number of halogens is 3. The third kappa shape index (κ3) is 5.99. The van der Waals surface area contributed by atoms with Crippen LogP contribution in [0.15, 0.2) is 97.1 Å². The second-order valence-corrected chi connectivity index (χ2v) is 12.0. The fourth-order valence-corrected chi connectivity index (χ4v) is 6.99. The number of benzene rings is 4. The highest BCUT2D eigenvalue weighted by Gasteiger charge is 2.48. The number of aliphatic carboxylic acids is 1. The first-order valence-corrected chi connectivity index (χ1v) is 15.4. The molecule has 1 aliphatic carbocycles. The summed E-state index contributed by atoms with van der Waals surface area (Å²) in [5, 5.41) is 13.7. The number of piperidine rings is 1. The Bertz CT molecular complexity index is 1650. The van der Waals surface area contributed by atoms with Gasteiger partial charge in [0.05, 0.1) is 5.56 Å². The summed E-state index contributed by atoms with van der Waals surface area (Å²) >= 11 is 0. The van der Waals surface area contributed by atoms with Crippen molar-refractivity contribution in [1.29, 1.82) is 0 Å². The number of nitrogens with zero attached hydrogens (tertiary/aromatic N) is 1. The second-order valence-electron chi connectivity index (χ2n) is 12.0. The van der Waals surface area contributed by atoms with Gasteiger partial charge in [0.25, 0.3) is 5.91 Å². The van der Waals surface area contributed by atoms with Crippen molar-refractivity contribution in [2.45, 2.75) is 49.7 Å². The van der Waals surface area contributed by atoms with Crippen LogP contribution in [0.2, 0.25) is 0 Å². The van der Waals surface area contributed by atoms with Gasteiger partial charge in [-0.2, -0.15) is 13.2 Å². The Morgan fingerprint density at radius 1 is 0.778 bits per heavy atom. The minimum atomic E-state index is -4.42. The first kappa shape index (κ1) is 30.6. The monoisotopic (exact) mass is 612 g/mol. The molecular weight excluding hydrogens is 577 g/mol. The van der Waals surface area contributed by atoms with Gasteiger partial charge in [-0.3, -0.25) is 9.59 Å². The van der Waals surface area contributed by atoms with Gasteiger partial charge in [-0.1, -0.05) is 85.3 Å². The highest BCUT2D eigenvalue weighted by molar-refractivity contribution is 6.01. The van der Waals surface area contributed by atoms with Crippen molar-refractivity contribution in [2.75, 3.05) is 19.6 Å². The zero-order chi connectivity index (χ0) is 31.6. The maximum absolute atomic E-state index is 13.3. The smallest absolute Gasteiger partial charge is 0.416 e. The first-order chi connectivity index (χ1) is 21.7. The van der Waals surface area contributed by atoms with Crippen molar-refractivity contribution < 1.29 is 27.9 Å². The number of carbonyl (C=O) groups is 2. The largest absolute Gasteiger partial charge is 0.480 e. The number of hydrogen-bond acceptors (Lipinski definition) is 3. The molecule has 2 N–H and O–H groups in total. The molecule has 8 heteroatoms. The van der Waals surface area contributed by atoms with Crippen molar-refractivity contribution >= 4 is 11.9 Å². The number of carboxylic acids is 1. The Kier molecular flexibility index (Phi) is 8.51. The normalized spacial score (nSPS) is 16.2. The first-order valence-electron chi connectivity index (χ1n) is 15.4. The molecule has 5 nitrogen and oxygen atoms in total. The molecule has 0 atom stereocenters. The Hall–Kier alpha value is -4.43. The molecule has 4 aromatic rings. The lowest BCUT2D eigenvalue weighted by Gasteiger charge is -2.33. The van der Waals surface area contributed by atoms with E-state index in [-0.39, 0.29) is 11.9 Å². The summed E-state index contributed by atoms with van der Waals surface area (Å²) in [5.74, 6) is -1.05. The van der Waals surface area contributed by atoms with E-state index in [0.717, 1.165) is 79.7 Å². The van der Waals surface area contributed by atoms with Gasteiger partial charge >= 0.3 is 12.1 Å². The van der Waals surface area contributed by atoms with Gasteiger partial charge in [-0.05, 0) is 83.8 Å². The number of unbranched alkanes of at least 4 members (excludes halogenated alkanes) is 1. The summed E-state index contributed by atoms with van der Waals surface area (Å²) in [5.41, 5.74) is 3.55. The van der Waals surface area contributed by atoms with Crippen LogP contribution in [-0.2, 0) is 16.4 Å². The van der Waals surface area contributed by atoms with Crippen LogP contribution in [0.25, 0.3) is 22.3 Å². The van der Waals surface area contributed by atoms with Crippen LogP contribution >= 0.6 is 0 Å². The molecule has 2 aliphatic rings. The van der Waals surface area contributed by atoms with Crippen molar-refractivity contribution in [2.24, 2.45) is 0 Å². The van der Waals surface area contributed by atoms with Crippen molar-refractivity contribution in [3.05, 3.63) is 119 Å². The molecule has 0 radical (unpaired) electrons. The van der Waals surface area contributed by atoms with Crippen molar-refractivity contribution in [3.8, 4) is 22.3 Å². The number of fused-ring (bicyclic) bond motifs is 3. The van der Waals surface area contributed by atoms with Crippen LogP contribution in [0, 0.1) is 0 Å². The van der Waals surface area contributed by atoms with Gasteiger partial charge in [-0.15, -0.1) is 0 Å². The molecule has 232 valence electrons. The molecule has 1 amide bonds. The van der Waals surface area contributed by atoms with Gasteiger partial charge in [-0.25, -0.2) is 0 Å². The van der Waals surface area contributed by atoms with Crippen molar-refractivity contribution in [1.82, 2.24) is 10.2 Å². The maximum Gasteiger partial charge on any atom is 0.416 e. The molecule has 4 aromatic carbocycles. The van der Waals surface area contributed by atoms with E-state index in [4.69, 9.17) is 0 Å². The molecule has 0 saturated carbocycles. The predicted octanol–water partition coefficient (Wildman–Crippen LogP) is 7.79. The highest BCUT2D eigenvalue weighted by Crippen LogP contribution is 2.51. The Labute approximate surface area is 260 Å². The van der Waals surface area contributed by atoms with Crippen molar-refractivity contribution in [3.63, 3.8) is 0 Å². The van der Waals surface area contributed by atoms with E-state index in [1.807, 2.05) is 48.5 Å². The Morgan fingerprint density at radius 2 is 1.33 bits per heavy atom. The number of amides is 1. The topological polar surface area (TPSA) is 69.6 Å². The minimum Gasteiger partial charge on any atom is -0.480 e. The number of alkyl halides is 3. The summed E-state index contributed by atoms with van der Waals surface area (Å²) in [6, 6.07) is 27.5. The lowest BCUT2D eigenvalue weighted by Crippen LogP contribution is -2.45. The molecule has 45 heavy (non-hydrogen) atoms. The molecule has 1 aliphatic heterocycles. The van der Waals surface area contributed by atoms with Crippen LogP contribution in [0.4, 0.5) is 13.2 Å². The number of carboxylic acid groups (broad SMARTS) is 1. The third-order valence-electron chi connectivity index (χ3n) is 9.32. The summed E-state index contributed by atoms with van der Waals surface area (Å²) in [4.78, 5) is 28.5. The van der Waals surface area contributed by atoms with Crippen LogP contribution in [0.1, 0.15) is 59.2 Å². The molecule has 1 heterocycles. The SMILES string of the molecule is O=C(NC1CCN(CCCCC2(C(=O)O)c3ccccc3-c3ccccc32)CC1)c1ccccc1-c1ccc(C(F)(F)F)cc1. The van der Waals surface area contributed by atoms with Crippen LogP contribution in [0.3, 0.4) is 0 Å². The Morgan fingerprint density at radius 3 is 1.91 bits per heavy atom. The zero-order valence-corrected chi connectivity index (χ0v) is 24.8. The number of likely N-dealkylation sites (tertiary alicyclic amines) is 1. The fourth-order valence-electron chi connectivity index (χ4n) is 6.99. The van der Waals surface area contributed by atoms with Crippen LogP contribution < -0.4 is 5.32 Å². The number of nitrogens with one attached hydrogen (secondary N) is 1. The average Bonchev–Trinajstić information content (AvgIpc) is 3.34. The molecule has 1 fully saturated rings. The van der Waals surface area contributed by atoms with Gasteiger partial charge in [0.2, 0.25) is 0 Å². The summed E-state index contributed by atoms with van der Waals surface area (Å²) < 4.78 is 39.1. The minimum absolute atomic E-state index is 0.00353. The summed E-state index contributed by atoms with van der Waals surface area (Å²) in [6.07, 6.45) is -0.675. The van der Waals surface area contributed by atoms with Crippen LogP contribution in [-0.4, -0.2) is 47.6 Å². The van der Waals surface area contributed by atoms with E-state index in [1.54, 1.807) is 24.3 Å². The van der Waals surface area contributed by atoms with Gasteiger partial charge in [0.1, 0.15) is 5.41 Å². The number of carbonyl (C=O) groups excluding carboxylic acids is 1. The quantitative estimate of drug-likeness (QED) is 0.189. The molecule has 6 rings (SSSR count). The van der Waals surface area contributed by atoms with E-state index in [9.17, 15) is 27.9 Å². The van der Waals surface area contributed by atoms with Gasteiger partial charge in [0.15, 0.2) is 0 Å². The molecular formula is C37H35F3N2O3. The molecule has 0 unspecified atom stereocenters. The van der Waals surface area contributed by atoms with E-state index in [0.29, 0.717) is 23.1 Å². The second kappa shape index (κ2) is 12.5. The summed E-state index contributed by atoms with van der Waals surface area (Å²) in [6.45, 7) is 2.50. The molecule has 0 aromatic heterocycles. The highest BCUT2D eigenvalue weighted by atomic mass is 19.4. The van der Waals surface area contributed by atoms with E-state index >= 15 is 0 Å². The average molecular weight is 613 g/mol. The summed E-state index contributed by atoms with van der Waals surface area (Å²) in [7, 11) is 0. The van der Waals surface area contributed by atoms with E-state index in [2.05, 4.69) is 10.2 Å². The molecule has 0 bridgehead atoms. The van der Waals surface area contributed by atoms with Gasteiger partial charge < -0.3 is 15.3 Å².